The van der Waals surface area contributed by atoms with Crippen molar-refractivity contribution in [2.45, 2.75) is 133 Å². The fourth-order valence-corrected chi connectivity index (χ4v) is 12.2. The highest BCUT2D eigenvalue weighted by atomic mass is 16.5. The molecule has 65 heavy (non-hydrogen) atoms. The molecule has 0 N–H and O–H groups in total. The molecule has 14 nitrogen and oxygen atoms in total. The number of methoxy groups -OCH3 is 2. The van der Waals surface area contributed by atoms with Gasteiger partial charge in [-0.25, -0.2) is 9.59 Å². The summed E-state index contributed by atoms with van der Waals surface area (Å²) >= 11 is 0. The maximum absolute atomic E-state index is 13.7. The van der Waals surface area contributed by atoms with Crippen LogP contribution in [0.3, 0.4) is 0 Å². The second-order valence-corrected chi connectivity index (χ2v) is 20.3. The molecule has 7 aliphatic rings. The van der Waals surface area contributed by atoms with Gasteiger partial charge < -0.3 is 28.7 Å². The molecule has 2 saturated heterocycles. The number of nitrogens with zero attached hydrogens (tertiary/aromatic N) is 8. The Morgan fingerprint density at radius 1 is 0.677 bits per heavy atom. The Balaban J connectivity index is 0.786. The number of hydrogen-bond donors (Lipinski definition) is 0. The topological polar surface area (TPSA) is 120 Å². The first-order valence-corrected chi connectivity index (χ1v) is 24.6. The predicted octanol–water partition coefficient (Wildman–Crippen LogP) is 8.92. The first-order valence-electron chi connectivity index (χ1n) is 24.6. The summed E-state index contributed by atoms with van der Waals surface area (Å²) in [7, 11) is 5.18. The van der Waals surface area contributed by atoms with Crippen molar-refractivity contribution in [1.29, 1.82) is 0 Å². The minimum atomic E-state index is -0.337. The van der Waals surface area contributed by atoms with E-state index in [0.717, 1.165) is 152 Å². The molecule has 5 atom stereocenters. The minimum Gasteiger partial charge on any atom is -0.489 e. The van der Waals surface area contributed by atoms with Crippen molar-refractivity contribution in [3.63, 3.8) is 0 Å². The van der Waals surface area contributed by atoms with Crippen LogP contribution in [0.25, 0.3) is 22.3 Å². The van der Waals surface area contributed by atoms with E-state index in [1.165, 1.54) is 53.0 Å². The number of likely N-dealkylation sites (tertiary alicyclic amines) is 2. The zero-order valence-electron chi connectivity index (χ0n) is 38.7. The Morgan fingerprint density at radius 3 is 1.80 bits per heavy atom. The minimum absolute atomic E-state index is 0.00696. The number of anilines is 2. The lowest BCUT2D eigenvalue weighted by Gasteiger charge is -2.39. The lowest BCUT2D eigenvalue weighted by atomic mass is 9.90. The van der Waals surface area contributed by atoms with Gasteiger partial charge in [0.1, 0.15) is 11.5 Å². The molecule has 0 bridgehead atoms. The third kappa shape index (κ3) is 7.95. The van der Waals surface area contributed by atoms with Gasteiger partial charge >= 0.3 is 12.2 Å². The van der Waals surface area contributed by atoms with Crippen LogP contribution in [0.5, 0.6) is 11.5 Å². The Bertz CT molecular complexity index is 2390. The van der Waals surface area contributed by atoms with E-state index in [2.05, 4.69) is 69.8 Å². The third-order valence-electron chi connectivity index (χ3n) is 16.3. The number of carbonyl (C=O) groups is 2. The Kier molecular flexibility index (Phi) is 11.5. The monoisotopic (exact) mass is 887 g/mol. The van der Waals surface area contributed by atoms with Crippen LogP contribution >= 0.6 is 0 Å². The summed E-state index contributed by atoms with van der Waals surface area (Å²) < 4.78 is 28.7. The van der Waals surface area contributed by atoms with Gasteiger partial charge in [-0.3, -0.25) is 19.2 Å². The highest BCUT2D eigenvalue weighted by Crippen LogP contribution is 2.48. The summed E-state index contributed by atoms with van der Waals surface area (Å²) in [6.07, 6.45) is 22.3. The maximum Gasteiger partial charge on any atom is 0.414 e. The fraction of sp³-hybridized carbons (Fsp3) is 0.608. The largest absolute Gasteiger partial charge is 0.489 e. The fourth-order valence-electron chi connectivity index (χ4n) is 12.2. The number of carbonyl (C=O) groups excluding carboxylic acids is 2. The van der Waals surface area contributed by atoms with Gasteiger partial charge in [0.15, 0.2) is 0 Å². The number of amides is 2. The van der Waals surface area contributed by atoms with Crippen molar-refractivity contribution in [1.82, 2.24) is 29.4 Å². The average molecular weight is 887 g/mol. The van der Waals surface area contributed by atoms with E-state index in [1.807, 2.05) is 17.3 Å². The van der Waals surface area contributed by atoms with Gasteiger partial charge in [-0.1, -0.05) is 0 Å². The van der Waals surface area contributed by atoms with Gasteiger partial charge in [0.2, 0.25) is 0 Å². The van der Waals surface area contributed by atoms with Crippen LogP contribution in [0.1, 0.15) is 107 Å². The van der Waals surface area contributed by atoms with Crippen molar-refractivity contribution in [3.8, 4) is 33.8 Å². The van der Waals surface area contributed by atoms with Gasteiger partial charge in [0.25, 0.3) is 0 Å². The lowest BCUT2D eigenvalue weighted by Crippen LogP contribution is -2.45. The molecular formula is C51H66N8O6. The SMILES string of the molecule is COC(=O)N1c2ccc(-c3cnn(C4CC5CN(C)CC5C4)c3)c(OC3CCC3)c2CC[C@@H]1CCN1CCC(n2cc(-c3ccc4c(c3OC3CCC3)CC[C@H](C)N4C(=O)OC)cn2)C1. The summed E-state index contributed by atoms with van der Waals surface area (Å²) in [5.74, 6) is 3.32. The van der Waals surface area contributed by atoms with Gasteiger partial charge in [0, 0.05) is 90.6 Å². The van der Waals surface area contributed by atoms with Crippen molar-refractivity contribution in [2.75, 3.05) is 63.8 Å². The first-order chi connectivity index (χ1) is 31.7. The molecule has 2 aromatic carbocycles. The number of fused-ring (bicyclic) bond motifs is 3. The van der Waals surface area contributed by atoms with Crippen LogP contribution < -0.4 is 19.3 Å². The second kappa shape index (κ2) is 17.6. The summed E-state index contributed by atoms with van der Waals surface area (Å²) in [6, 6.07) is 9.15. The maximum atomic E-state index is 13.7. The van der Waals surface area contributed by atoms with Crippen molar-refractivity contribution >= 4 is 23.6 Å². The van der Waals surface area contributed by atoms with Crippen molar-refractivity contribution in [3.05, 3.63) is 60.2 Å². The number of hydrogen-bond acceptors (Lipinski definition) is 10. The first kappa shape index (κ1) is 42.5. The standard InChI is InChI=1S/C51H66N8O6/c1-32-11-13-44-46(58(32)50(60)62-3)17-15-42(48(44)64-40-7-5-8-40)35-25-52-56(29-35)38-20-22-55(31-38)21-19-37-12-14-45-47(59(37)51(61)63-4)18-16-43(49(45)65-41-9-6-10-41)36-26-53-57(30-36)39-23-33-27-54(2)28-34(33)24-39/h15-18,25-26,29-30,32-34,37-41H,5-14,19-24,27-28,31H2,1-4H3/t32-,33?,34?,37+,38?,39?/m0/s1. The van der Waals surface area contributed by atoms with E-state index in [-0.39, 0.29) is 42.5 Å². The van der Waals surface area contributed by atoms with Crippen LogP contribution in [-0.2, 0) is 22.3 Å². The van der Waals surface area contributed by atoms with E-state index < -0.39 is 0 Å². The number of ether oxygens (including phenoxy) is 4. The van der Waals surface area contributed by atoms with Crippen molar-refractivity contribution in [2.24, 2.45) is 11.8 Å². The molecule has 6 heterocycles. The molecule has 3 unspecified atom stereocenters. The summed E-state index contributed by atoms with van der Waals surface area (Å²) in [5.41, 5.74) is 8.18. The Morgan fingerprint density at radius 2 is 1.23 bits per heavy atom. The Labute approximate surface area is 383 Å². The zero-order chi connectivity index (χ0) is 44.3. The smallest absolute Gasteiger partial charge is 0.414 e. The molecule has 2 amide bonds. The normalized spacial score (nSPS) is 26.9. The van der Waals surface area contributed by atoms with E-state index in [9.17, 15) is 9.59 Å². The van der Waals surface area contributed by atoms with Gasteiger partial charge in [-0.15, -0.1) is 0 Å². The molecule has 3 saturated carbocycles. The molecule has 4 aliphatic heterocycles. The Hall–Kier alpha value is -5.08. The zero-order valence-corrected chi connectivity index (χ0v) is 38.7. The van der Waals surface area contributed by atoms with Gasteiger partial charge in [0.05, 0.1) is 62.3 Å². The molecule has 3 aliphatic carbocycles. The molecule has 14 heteroatoms. The molecule has 0 radical (unpaired) electrons. The molecule has 11 rings (SSSR count). The quantitative estimate of drug-likeness (QED) is 0.145. The molecule has 346 valence electrons. The number of aromatic nitrogens is 4. The lowest BCUT2D eigenvalue weighted by molar-refractivity contribution is 0.119. The van der Waals surface area contributed by atoms with Gasteiger partial charge in [-0.05, 0) is 140 Å². The van der Waals surface area contributed by atoms with Crippen LogP contribution in [-0.4, -0.2) is 120 Å². The highest BCUT2D eigenvalue weighted by Gasteiger charge is 2.42. The van der Waals surface area contributed by atoms with E-state index in [4.69, 9.17) is 29.1 Å². The molecule has 0 spiro atoms. The van der Waals surface area contributed by atoms with Crippen LogP contribution in [0.4, 0.5) is 21.0 Å². The summed E-state index contributed by atoms with van der Waals surface area (Å²) in [5, 5.41) is 9.86. The third-order valence-corrected chi connectivity index (χ3v) is 16.3. The average Bonchev–Trinajstić information content (AvgIpc) is 4.14. The van der Waals surface area contributed by atoms with E-state index in [1.54, 1.807) is 4.90 Å². The number of rotatable bonds is 11. The van der Waals surface area contributed by atoms with Crippen LogP contribution in [0.2, 0.25) is 0 Å². The van der Waals surface area contributed by atoms with Crippen LogP contribution in [0, 0.1) is 11.8 Å². The summed E-state index contributed by atoms with van der Waals surface area (Å²) in [6.45, 7) is 7.19. The molecule has 5 fully saturated rings. The second-order valence-electron chi connectivity index (χ2n) is 20.3. The highest BCUT2D eigenvalue weighted by molar-refractivity contribution is 5.93. The van der Waals surface area contributed by atoms with Gasteiger partial charge in [-0.2, -0.15) is 10.2 Å². The summed E-state index contributed by atoms with van der Waals surface area (Å²) in [4.78, 5) is 35.3. The van der Waals surface area contributed by atoms with E-state index >= 15 is 0 Å². The molecule has 2 aromatic heterocycles. The van der Waals surface area contributed by atoms with E-state index in [0.29, 0.717) is 6.04 Å². The van der Waals surface area contributed by atoms with Crippen LogP contribution in [0.15, 0.2) is 49.1 Å². The predicted molar refractivity (Wildman–Crippen MR) is 249 cm³/mol. The molecular weight excluding hydrogens is 821 g/mol. The number of benzene rings is 2. The molecule has 4 aromatic rings. The van der Waals surface area contributed by atoms with Crippen molar-refractivity contribution < 1.29 is 28.5 Å².